The zero-order valence-corrected chi connectivity index (χ0v) is 11.3. The third-order valence-electron chi connectivity index (χ3n) is 3.58. The molecule has 0 saturated carbocycles. The van der Waals surface area contributed by atoms with Crippen molar-refractivity contribution in [3.05, 3.63) is 17.2 Å². The highest BCUT2D eigenvalue weighted by Gasteiger charge is 2.17. The van der Waals surface area contributed by atoms with Gasteiger partial charge in [-0.05, 0) is 51.1 Å². The number of H-pyrrole nitrogens is 1. The standard InChI is InChI=1S/C14H25N3/c1-10(2)8-14-16-11(3)13(17-14)9-12-4-6-15-7-5-12/h10,12,15H,4-9H2,1-3H3,(H,16,17). The lowest BCUT2D eigenvalue weighted by Crippen LogP contribution is -2.28. The van der Waals surface area contributed by atoms with Gasteiger partial charge in [0.25, 0.3) is 0 Å². The maximum absolute atomic E-state index is 4.77. The quantitative estimate of drug-likeness (QED) is 0.841. The van der Waals surface area contributed by atoms with Crippen LogP contribution in [0.1, 0.15) is 43.9 Å². The van der Waals surface area contributed by atoms with E-state index in [0.717, 1.165) is 18.8 Å². The van der Waals surface area contributed by atoms with E-state index in [0.29, 0.717) is 5.92 Å². The summed E-state index contributed by atoms with van der Waals surface area (Å²) in [5.74, 6) is 2.67. The van der Waals surface area contributed by atoms with Crippen molar-refractivity contribution in [2.45, 2.75) is 46.5 Å². The van der Waals surface area contributed by atoms with Gasteiger partial charge < -0.3 is 10.3 Å². The minimum absolute atomic E-state index is 0.673. The molecular formula is C14H25N3. The van der Waals surface area contributed by atoms with Crippen LogP contribution >= 0.6 is 0 Å². The van der Waals surface area contributed by atoms with Crippen molar-refractivity contribution >= 4 is 0 Å². The largest absolute Gasteiger partial charge is 0.346 e. The van der Waals surface area contributed by atoms with Crippen molar-refractivity contribution in [1.29, 1.82) is 0 Å². The van der Waals surface area contributed by atoms with Crippen LogP contribution in [0.15, 0.2) is 0 Å². The van der Waals surface area contributed by atoms with Gasteiger partial charge in [0.1, 0.15) is 5.82 Å². The van der Waals surface area contributed by atoms with Crippen molar-refractivity contribution in [2.75, 3.05) is 13.1 Å². The molecule has 0 aromatic carbocycles. The first-order chi connectivity index (χ1) is 8.15. The predicted molar refractivity (Wildman–Crippen MR) is 71.2 cm³/mol. The maximum atomic E-state index is 4.77. The second kappa shape index (κ2) is 5.67. The molecular weight excluding hydrogens is 210 g/mol. The summed E-state index contributed by atoms with van der Waals surface area (Å²) in [6.45, 7) is 8.99. The fourth-order valence-corrected chi connectivity index (χ4v) is 2.60. The van der Waals surface area contributed by atoms with Crippen LogP contribution in [0.2, 0.25) is 0 Å². The zero-order valence-electron chi connectivity index (χ0n) is 11.3. The second-order valence-corrected chi connectivity index (χ2v) is 5.75. The molecule has 2 N–H and O–H groups in total. The molecule has 0 unspecified atom stereocenters. The fraction of sp³-hybridized carbons (Fsp3) is 0.786. The van der Waals surface area contributed by atoms with Gasteiger partial charge in [-0.3, -0.25) is 0 Å². The van der Waals surface area contributed by atoms with E-state index in [4.69, 9.17) is 4.98 Å². The molecule has 0 atom stereocenters. The van der Waals surface area contributed by atoms with Gasteiger partial charge in [-0.25, -0.2) is 4.98 Å². The van der Waals surface area contributed by atoms with Crippen LogP contribution in [0.4, 0.5) is 0 Å². The SMILES string of the molecule is Cc1[nH]c(CC(C)C)nc1CC1CCNCC1. The molecule has 96 valence electrons. The molecule has 17 heavy (non-hydrogen) atoms. The molecule has 0 bridgehead atoms. The third kappa shape index (κ3) is 3.56. The van der Waals surface area contributed by atoms with Crippen LogP contribution in [-0.2, 0) is 12.8 Å². The third-order valence-corrected chi connectivity index (χ3v) is 3.58. The highest BCUT2D eigenvalue weighted by Crippen LogP contribution is 2.19. The molecule has 2 rings (SSSR count). The van der Waals surface area contributed by atoms with Gasteiger partial charge in [-0.1, -0.05) is 13.8 Å². The van der Waals surface area contributed by atoms with E-state index >= 15 is 0 Å². The Morgan fingerprint density at radius 1 is 1.29 bits per heavy atom. The lowest BCUT2D eigenvalue weighted by molar-refractivity contribution is 0.370. The van der Waals surface area contributed by atoms with Crippen LogP contribution in [0.25, 0.3) is 0 Å². The molecule has 0 amide bonds. The topological polar surface area (TPSA) is 40.7 Å². The predicted octanol–water partition coefficient (Wildman–Crippen LogP) is 2.46. The van der Waals surface area contributed by atoms with E-state index in [-0.39, 0.29) is 0 Å². The summed E-state index contributed by atoms with van der Waals surface area (Å²) in [4.78, 5) is 8.21. The van der Waals surface area contributed by atoms with Crippen molar-refractivity contribution in [1.82, 2.24) is 15.3 Å². The smallest absolute Gasteiger partial charge is 0.106 e. The molecule has 0 spiro atoms. The van der Waals surface area contributed by atoms with E-state index in [1.807, 2.05) is 0 Å². The zero-order chi connectivity index (χ0) is 12.3. The van der Waals surface area contributed by atoms with E-state index in [1.54, 1.807) is 0 Å². The van der Waals surface area contributed by atoms with Crippen LogP contribution in [-0.4, -0.2) is 23.1 Å². The Kier molecular flexibility index (Phi) is 4.21. The molecule has 0 aliphatic carbocycles. The Bertz CT molecular complexity index is 348. The minimum atomic E-state index is 0.673. The Morgan fingerprint density at radius 3 is 2.65 bits per heavy atom. The van der Waals surface area contributed by atoms with Gasteiger partial charge in [0.2, 0.25) is 0 Å². The number of hydrogen-bond donors (Lipinski definition) is 2. The van der Waals surface area contributed by atoms with E-state index < -0.39 is 0 Å². The molecule has 1 fully saturated rings. The molecule has 1 aliphatic heterocycles. The van der Waals surface area contributed by atoms with E-state index in [2.05, 4.69) is 31.1 Å². The van der Waals surface area contributed by atoms with Gasteiger partial charge in [-0.15, -0.1) is 0 Å². The van der Waals surface area contributed by atoms with Gasteiger partial charge in [0, 0.05) is 12.1 Å². The van der Waals surface area contributed by atoms with Crippen molar-refractivity contribution in [3.63, 3.8) is 0 Å². The molecule has 1 aromatic heterocycles. The summed E-state index contributed by atoms with van der Waals surface area (Å²) in [6, 6.07) is 0. The number of nitrogens with zero attached hydrogens (tertiary/aromatic N) is 1. The van der Waals surface area contributed by atoms with Gasteiger partial charge in [0.15, 0.2) is 0 Å². The molecule has 3 heteroatoms. The molecule has 2 heterocycles. The van der Waals surface area contributed by atoms with Crippen LogP contribution in [0.3, 0.4) is 0 Å². The number of piperidine rings is 1. The highest BCUT2D eigenvalue weighted by atomic mass is 14.9. The first-order valence-corrected chi connectivity index (χ1v) is 6.90. The summed E-state index contributed by atoms with van der Waals surface area (Å²) in [5, 5.41) is 3.42. The lowest BCUT2D eigenvalue weighted by Gasteiger charge is -2.21. The van der Waals surface area contributed by atoms with E-state index in [1.165, 1.54) is 43.1 Å². The fourth-order valence-electron chi connectivity index (χ4n) is 2.60. The summed E-state index contributed by atoms with van der Waals surface area (Å²) in [7, 11) is 0. The van der Waals surface area contributed by atoms with Crippen molar-refractivity contribution < 1.29 is 0 Å². The number of aromatic nitrogens is 2. The van der Waals surface area contributed by atoms with E-state index in [9.17, 15) is 0 Å². The summed E-state index contributed by atoms with van der Waals surface area (Å²) in [6.07, 6.45) is 4.81. The van der Waals surface area contributed by atoms with Crippen LogP contribution in [0, 0.1) is 18.8 Å². The Morgan fingerprint density at radius 2 is 2.00 bits per heavy atom. The first-order valence-electron chi connectivity index (χ1n) is 6.90. The summed E-state index contributed by atoms with van der Waals surface area (Å²) < 4.78 is 0. The summed E-state index contributed by atoms with van der Waals surface area (Å²) in [5.41, 5.74) is 2.58. The molecule has 0 radical (unpaired) electrons. The lowest BCUT2D eigenvalue weighted by atomic mass is 9.93. The second-order valence-electron chi connectivity index (χ2n) is 5.75. The van der Waals surface area contributed by atoms with Gasteiger partial charge in [0.05, 0.1) is 5.69 Å². The Labute approximate surface area is 104 Å². The highest BCUT2D eigenvalue weighted by molar-refractivity contribution is 5.14. The molecule has 1 aliphatic rings. The Balaban J connectivity index is 1.97. The number of imidazole rings is 1. The number of rotatable bonds is 4. The molecule has 3 nitrogen and oxygen atoms in total. The average molecular weight is 235 g/mol. The maximum Gasteiger partial charge on any atom is 0.106 e. The average Bonchev–Trinajstić information content (AvgIpc) is 2.59. The number of aromatic amines is 1. The van der Waals surface area contributed by atoms with Crippen molar-refractivity contribution in [3.8, 4) is 0 Å². The molecule has 1 saturated heterocycles. The summed E-state index contributed by atoms with van der Waals surface area (Å²) >= 11 is 0. The van der Waals surface area contributed by atoms with Gasteiger partial charge >= 0.3 is 0 Å². The first kappa shape index (κ1) is 12.6. The number of nitrogens with one attached hydrogen (secondary N) is 2. The minimum Gasteiger partial charge on any atom is -0.346 e. The number of aryl methyl sites for hydroxylation is 1. The monoisotopic (exact) mass is 235 g/mol. The number of hydrogen-bond acceptors (Lipinski definition) is 2. The normalized spacial score (nSPS) is 17.9. The van der Waals surface area contributed by atoms with Crippen LogP contribution in [0.5, 0.6) is 0 Å². The Hall–Kier alpha value is -0.830. The van der Waals surface area contributed by atoms with Crippen molar-refractivity contribution in [2.24, 2.45) is 11.8 Å². The van der Waals surface area contributed by atoms with Gasteiger partial charge in [-0.2, -0.15) is 0 Å². The van der Waals surface area contributed by atoms with Crippen LogP contribution < -0.4 is 5.32 Å². The molecule has 1 aromatic rings.